The van der Waals surface area contributed by atoms with Gasteiger partial charge in [0.25, 0.3) is 0 Å². The predicted octanol–water partition coefficient (Wildman–Crippen LogP) is 3.46. The van der Waals surface area contributed by atoms with Crippen LogP contribution in [0.15, 0.2) is 24.3 Å². The summed E-state index contributed by atoms with van der Waals surface area (Å²) < 4.78 is 12.2. The number of hydrogen-bond donors (Lipinski definition) is 1. The summed E-state index contributed by atoms with van der Waals surface area (Å²) >= 11 is 0. The fraction of sp³-hybridized carbons (Fsp3) is 0.625. The third-order valence-electron chi connectivity index (χ3n) is 3.63. The van der Waals surface area contributed by atoms with E-state index in [1.54, 1.807) is 6.92 Å². The van der Waals surface area contributed by atoms with Gasteiger partial charge in [-0.15, -0.1) is 0 Å². The molecule has 106 valence electrons. The Bertz CT molecular complexity index is 449. The molecule has 3 nitrogen and oxygen atoms in total. The number of ether oxygens (including phenoxy) is 2. The Hall–Kier alpha value is -1.06. The van der Waals surface area contributed by atoms with Gasteiger partial charge in [0.1, 0.15) is 17.5 Å². The average Bonchev–Trinajstić information content (AvgIpc) is 2.47. The minimum absolute atomic E-state index is 0.0117. The standard InChI is InChI=1S/C16H24O3/c1-11(17)12-8-6-7-9-13(12)18-14-10-15(2,3)19-16(14,4)5/h6-9,11,14,17H,10H2,1-5H3. The lowest BCUT2D eigenvalue weighted by Gasteiger charge is -2.28. The van der Waals surface area contributed by atoms with E-state index in [0.29, 0.717) is 0 Å². The van der Waals surface area contributed by atoms with Crippen molar-refractivity contribution < 1.29 is 14.6 Å². The van der Waals surface area contributed by atoms with Crippen LogP contribution >= 0.6 is 0 Å². The van der Waals surface area contributed by atoms with Crippen molar-refractivity contribution in [1.82, 2.24) is 0 Å². The third-order valence-corrected chi connectivity index (χ3v) is 3.63. The number of hydrogen-bond acceptors (Lipinski definition) is 3. The van der Waals surface area contributed by atoms with Gasteiger partial charge in [-0.3, -0.25) is 0 Å². The molecule has 1 saturated heterocycles. The summed E-state index contributed by atoms with van der Waals surface area (Å²) in [6, 6.07) is 7.64. The molecular formula is C16H24O3. The molecule has 1 aliphatic rings. The summed E-state index contributed by atoms with van der Waals surface area (Å²) in [6.45, 7) is 10.0. The number of benzene rings is 1. The van der Waals surface area contributed by atoms with Gasteiger partial charge >= 0.3 is 0 Å². The van der Waals surface area contributed by atoms with E-state index in [4.69, 9.17) is 9.47 Å². The molecule has 2 unspecified atom stereocenters. The van der Waals surface area contributed by atoms with Gasteiger partial charge in [0.2, 0.25) is 0 Å². The molecule has 0 spiro atoms. The second-order valence-electron chi connectivity index (χ2n) is 6.49. The maximum Gasteiger partial charge on any atom is 0.130 e. The van der Waals surface area contributed by atoms with Gasteiger partial charge in [0, 0.05) is 12.0 Å². The molecule has 0 aliphatic carbocycles. The van der Waals surface area contributed by atoms with E-state index in [0.717, 1.165) is 17.7 Å². The van der Waals surface area contributed by atoms with E-state index >= 15 is 0 Å². The summed E-state index contributed by atoms with van der Waals surface area (Å²) in [4.78, 5) is 0. The first kappa shape index (κ1) is 14.4. The maximum atomic E-state index is 9.80. The Morgan fingerprint density at radius 1 is 1.26 bits per heavy atom. The van der Waals surface area contributed by atoms with E-state index in [-0.39, 0.29) is 17.3 Å². The van der Waals surface area contributed by atoms with Crippen LogP contribution in [0.5, 0.6) is 5.75 Å². The predicted molar refractivity (Wildman–Crippen MR) is 75.4 cm³/mol. The number of aliphatic hydroxyl groups is 1. The number of rotatable bonds is 3. The van der Waals surface area contributed by atoms with Gasteiger partial charge in [0.05, 0.1) is 11.7 Å². The highest BCUT2D eigenvalue weighted by atomic mass is 16.6. The maximum absolute atomic E-state index is 9.80. The molecule has 1 heterocycles. The molecule has 0 radical (unpaired) electrons. The Kier molecular flexibility index (Phi) is 3.63. The van der Waals surface area contributed by atoms with Crippen molar-refractivity contribution in [3.63, 3.8) is 0 Å². The van der Waals surface area contributed by atoms with Crippen molar-refractivity contribution in [2.45, 2.75) is 64.4 Å². The largest absolute Gasteiger partial charge is 0.487 e. The molecule has 0 aromatic heterocycles. The van der Waals surface area contributed by atoms with Crippen LogP contribution in [0.1, 0.15) is 52.7 Å². The second-order valence-corrected chi connectivity index (χ2v) is 6.49. The van der Waals surface area contributed by atoms with Gasteiger partial charge in [-0.2, -0.15) is 0 Å². The Labute approximate surface area is 115 Å². The molecule has 19 heavy (non-hydrogen) atoms. The fourth-order valence-electron chi connectivity index (χ4n) is 2.78. The van der Waals surface area contributed by atoms with Gasteiger partial charge in [-0.25, -0.2) is 0 Å². The summed E-state index contributed by atoms with van der Waals surface area (Å²) in [6.07, 6.45) is 0.297. The minimum Gasteiger partial charge on any atom is -0.487 e. The van der Waals surface area contributed by atoms with Crippen LogP contribution in [0.25, 0.3) is 0 Å². The summed E-state index contributed by atoms with van der Waals surface area (Å²) in [5.74, 6) is 0.747. The minimum atomic E-state index is -0.533. The molecule has 3 heteroatoms. The molecule has 0 bridgehead atoms. The highest BCUT2D eigenvalue weighted by Gasteiger charge is 2.47. The Balaban J connectivity index is 2.22. The molecule has 1 fully saturated rings. The van der Waals surface area contributed by atoms with Crippen LogP contribution < -0.4 is 4.74 Å². The van der Waals surface area contributed by atoms with Crippen LogP contribution in [-0.4, -0.2) is 22.4 Å². The lowest BCUT2D eigenvalue weighted by atomic mass is 9.97. The van der Waals surface area contributed by atoms with E-state index < -0.39 is 6.10 Å². The molecule has 0 saturated carbocycles. The smallest absolute Gasteiger partial charge is 0.130 e. The first-order chi connectivity index (χ1) is 8.71. The zero-order valence-electron chi connectivity index (χ0n) is 12.4. The zero-order valence-corrected chi connectivity index (χ0v) is 12.4. The molecule has 2 atom stereocenters. The molecule has 1 aliphatic heterocycles. The highest BCUT2D eigenvalue weighted by molar-refractivity contribution is 5.35. The van der Waals surface area contributed by atoms with Gasteiger partial charge in [-0.1, -0.05) is 18.2 Å². The number of para-hydroxylation sites is 1. The van der Waals surface area contributed by atoms with Crippen molar-refractivity contribution in [3.05, 3.63) is 29.8 Å². The lowest BCUT2D eigenvalue weighted by Crippen LogP contribution is -2.37. The van der Waals surface area contributed by atoms with Crippen molar-refractivity contribution in [3.8, 4) is 5.75 Å². The second kappa shape index (κ2) is 4.80. The molecule has 0 amide bonds. The van der Waals surface area contributed by atoms with Crippen LogP contribution in [0.4, 0.5) is 0 Å². The quantitative estimate of drug-likeness (QED) is 0.908. The highest BCUT2D eigenvalue weighted by Crippen LogP contribution is 2.40. The molecule has 1 aromatic carbocycles. The third kappa shape index (κ3) is 3.10. The fourth-order valence-corrected chi connectivity index (χ4v) is 2.78. The lowest BCUT2D eigenvalue weighted by molar-refractivity contribution is -0.0848. The summed E-state index contributed by atoms with van der Waals surface area (Å²) in [5, 5.41) is 9.80. The van der Waals surface area contributed by atoms with E-state index in [1.165, 1.54) is 0 Å². The van der Waals surface area contributed by atoms with Crippen molar-refractivity contribution in [2.24, 2.45) is 0 Å². The van der Waals surface area contributed by atoms with E-state index in [2.05, 4.69) is 27.7 Å². The summed E-state index contributed by atoms with van der Waals surface area (Å²) in [7, 11) is 0. The van der Waals surface area contributed by atoms with Crippen molar-refractivity contribution in [2.75, 3.05) is 0 Å². The van der Waals surface area contributed by atoms with Gasteiger partial charge in [0.15, 0.2) is 0 Å². The Morgan fingerprint density at radius 3 is 2.42 bits per heavy atom. The Morgan fingerprint density at radius 2 is 1.89 bits per heavy atom. The monoisotopic (exact) mass is 264 g/mol. The normalized spacial score (nSPS) is 26.1. The van der Waals surface area contributed by atoms with Crippen LogP contribution in [0.2, 0.25) is 0 Å². The molecule has 1 aromatic rings. The topological polar surface area (TPSA) is 38.7 Å². The molecular weight excluding hydrogens is 240 g/mol. The SMILES string of the molecule is CC(O)c1ccccc1OC1CC(C)(C)OC1(C)C. The van der Waals surface area contributed by atoms with Gasteiger partial charge < -0.3 is 14.6 Å². The van der Waals surface area contributed by atoms with Crippen LogP contribution in [0, 0.1) is 0 Å². The van der Waals surface area contributed by atoms with Crippen LogP contribution in [0.3, 0.4) is 0 Å². The van der Waals surface area contributed by atoms with Crippen molar-refractivity contribution >= 4 is 0 Å². The first-order valence-corrected chi connectivity index (χ1v) is 6.85. The molecule has 2 rings (SSSR count). The average molecular weight is 264 g/mol. The number of aliphatic hydroxyl groups excluding tert-OH is 1. The van der Waals surface area contributed by atoms with Gasteiger partial charge in [-0.05, 0) is 40.7 Å². The molecule has 1 N–H and O–H groups in total. The van der Waals surface area contributed by atoms with Crippen molar-refractivity contribution in [1.29, 1.82) is 0 Å². The van der Waals surface area contributed by atoms with E-state index in [1.807, 2.05) is 24.3 Å². The zero-order chi connectivity index (χ0) is 14.3. The van der Waals surface area contributed by atoms with Crippen LogP contribution in [-0.2, 0) is 4.74 Å². The first-order valence-electron chi connectivity index (χ1n) is 6.85. The van der Waals surface area contributed by atoms with E-state index in [9.17, 15) is 5.11 Å². The summed E-state index contributed by atoms with van der Waals surface area (Å²) in [5.41, 5.74) is 0.325.